The highest BCUT2D eigenvalue weighted by molar-refractivity contribution is 5.92. The van der Waals surface area contributed by atoms with Crippen molar-refractivity contribution in [2.45, 2.75) is 6.42 Å². The Morgan fingerprint density at radius 2 is 2.04 bits per heavy atom. The van der Waals surface area contributed by atoms with Gasteiger partial charge in [0.25, 0.3) is 5.91 Å². The highest BCUT2D eigenvalue weighted by atomic mass is 16.5. The van der Waals surface area contributed by atoms with Crippen molar-refractivity contribution in [1.29, 1.82) is 0 Å². The van der Waals surface area contributed by atoms with Crippen molar-refractivity contribution >= 4 is 5.91 Å². The molecule has 126 valence electrons. The van der Waals surface area contributed by atoms with Gasteiger partial charge in [-0.25, -0.2) is 5.48 Å². The van der Waals surface area contributed by atoms with Crippen LogP contribution in [0.3, 0.4) is 0 Å². The average Bonchev–Trinajstić information content (AvgIpc) is 3.46. The van der Waals surface area contributed by atoms with Crippen LogP contribution in [-0.4, -0.2) is 27.8 Å². The summed E-state index contributed by atoms with van der Waals surface area (Å²) in [7, 11) is 0. The lowest BCUT2D eigenvalue weighted by atomic mass is 10.0. The third-order valence-corrected chi connectivity index (χ3v) is 4.28. The van der Waals surface area contributed by atoms with Gasteiger partial charge in [0.05, 0.1) is 0 Å². The van der Waals surface area contributed by atoms with Crippen molar-refractivity contribution in [3.63, 3.8) is 0 Å². The molecule has 0 aliphatic heterocycles. The fourth-order valence-electron chi connectivity index (χ4n) is 2.66. The van der Waals surface area contributed by atoms with E-state index in [1.54, 1.807) is 17.6 Å². The molecule has 0 radical (unpaired) electrons. The Bertz CT molecular complexity index is 863. The zero-order valence-electron chi connectivity index (χ0n) is 13.6. The summed E-state index contributed by atoms with van der Waals surface area (Å²) in [6.45, 7) is 4.18. The van der Waals surface area contributed by atoms with Crippen LogP contribution in [0.25, 0.3) is 11.1 Å². The SMILES string of the molecule is C=C(C#Cc1ccc(-c2ccnc(C(=O)NO)c2)cc1)[C@@H]1C[C@H]1CO. The fraction of sp³-hybridized carbons (Fsp3) is 0.200. The van der Waals surface area contributed by atoms with Gasteiger partial charge in [0, 0.05) is 18.4 Å². The van der Waals surface area contributed by atoms with E-state index in [1.165, 1.54) is 6.20 Å². The largest absolute Gasteiger partial charge is 0.396 e. The summed E-state index contributed by atoms with van der Waals surface area (Å²) in [5.41, 5.74) is 5.20. The number of nitrogens with zero attached hydrogens (tertiary/aromatic N) is 1. The van der Waals surface area contributed by atoms with Gasteiger partial charge in [-0.05, 0) is 59.2 Å². The second-order valence-corrected chi connectivity index (χ2v) is 6.01. The highest BCUT2D eigenvalue weighted by Crippen LogP contribution is 2.42. The van der Waals surface area contributed by atoms with Crippen molar-refractivity contribution in [3.05, 3.63) is 66.0 Å². The third kappa shape index (κ3) is 3.94. The van der Waals surface area contributed by atoms with Crippen molar-refractivity contribution in [3.8, 4) is 23.0 Å². The Labute approximate surface area is 146 Å². The van der Waals surface area contributed by atoms with Crippen LogP contribution in [-0.2, 0) is 0 Å². The number of aliphatic hydroxyl groups is 1. The quantitative estimate of drug-likeness (QED) is 0.455. The van der Waals surface area contributed by atoms with Crippen LogP contribution < -0.4 is 5.48 Å². The van der Waals surface area contributed by atoms with Gasteiger partial charge in [0.1, 0.15) is 5.69 Å². The molecule has 1 aliphatic rings. The van der Waals surface area contributed by atoms with Gasteiger partial charge >= 0.3 is 0 Å². The second-order valence-electron chi connectivity index (χ2n) is 6.01. The molecule has 0 bridgehead atoms. The predicted molar refractivity (Wildman–Crippen MR) is 93.6 cm³/mol. The van der Waals surface area contributed by atoms with E-state index in [-0.39, 0.29) is 12.3 Å². The minimum absolute atomic E-state index is 0.142. The van der Waals surface area contributed by atoms with Crippen LogP contribution in [0.4, 0.5) is 0 Å². The van der Waals surface area contributed by atoms with Crippen molar-refractivity contribution < 1.29 is 15.1 Å². The van der Waals surface area contributed by atoms with Crippen molar-refractivity contribution in [2.24, 2.45) is 11.8 Å². The molecule has 5 nitrogen and oxygen atoms in total. The average molecular weight is 334 g/mol. The highest BCUT2D eigenvalue weighted by Gasteiger charge is 2.37. The molecule has 0 saturated heterocycles. The molecular formula is C20H18N2O3. The lowest BCUT2D eigenvalue weighted by Gasteiger charge is -2.04. The zero-order valence-corrected chi connectivity index (χ0v) is 13.6. The molecule has 25 heavy (non-hydrogen) atoms. The maximum absolute atomic E-state index is 11.4. The Hall–Kier alpha value is -2.94. The molecule has 1 aromatic carbocycles. The summed E-state index contributed by atoms with van der Waals surface area (Å²) in [6, 6.07) is 11.0. The van der Waals surface area contributed by atoms with E-state index in [2.05, 4.69) is 23.4 Å². The van der Waals surface area contributed by atoms with Gasteiger partial charge in [-0.2, -0.15) is 0 Å². The smallest absolute Gasteiger partial charge is 0.293 e. The van der Waals surface area contributed by atoms with Crippen LogP contribution in [0, 0.1) is 23.7 Å². The lowest BCUT2D eigenvalue weighted by Crippen LogP contribution is -2.19. The lowest BCUT2D eigenvalue weighted by molar-refractivity contribution is 0.0701. The number of aliphatic hydroxyl groups excluding tert-OH is 1. The monoisotopic (exact) mass is 334 g/mol. The van der Waals surface area contributed by atoms with Gasteiger partial charge in [-0.1, -0.05) is 30.6 Å². The number of aromatic nitrogens is 1. The Morgan fingerprint density at radius 3 is 2.68 bits per heavy atom. The Morgan fingerprint density at radius 1 is 1.28 bits per heavy atom. The molecule has 5 heteroatoms. The number of amides is 1. The summed E-state index contributed by atoms with van der Waals surface area (Å²) in [5, 5.41) is 17.8. The number of carbonyl (C=O) groups is 1. The molecular weight excluding hydrogens is 316 g/mol. The first-order valence-electron chi connectivity index (χ1n) is 7.95. The molecule has 1 heterocycles. The molecule has 2 atom stereocenters. The van der Waals surface area contributed by atoms with Crippen LogP contribution in [0.5, 0.6) is 0 Å². The first kappa shape index (κ1) is 16.9. The number of hydrogen-bond donors (Lipinski definition) is 3. The van der Waals surface area contributed by atoms with Crippen LogP contribution >= 0.6 is 0 Å². The van der Waals surface area contributed by atoms with E-state index >= 15 is 0 Å². The number of allylic oxidation sites excluding steroid dienone is 1. The normalized spacial score (nSPS) is 18.0. The van der Waals surface area contributed by atoms with Crippen LogP contribution in [0.2, 0.25) is 0 Å². The van der Waals surface area contributed by atoms with Gasteiger partial charge in [0.15, 0.2) is 0 Å². The van der Waals surface area contributed by atoms with Gasteiger partial charge in [-0.3, -0.25) is 15.0 Å². The van der Waals surface area contributed by atoms with E-state index < -0.39 is 5.91 Å². The molecule has 1 fully saturated rings. The Kier molecular flexibility index (Phi) is 4.94. The summed E-state index contributed by atoms with van der Waals surface area (Å²) in [5.74, 6) is 6.15. The number of benzene rings is 1. The molecule has 3 N–H and O–H groups in total. The second kappa shape index (κ2) is 7.31. The van der Waals surface area contributed by atoms with Gasteiger partial charge in [-0.15, -0.1) is 0 Å². The zero-order chi connectivity index (χ0) is 17.8. The molecule has 1 saturated carbocycles. The molecule has 0 unspecified atom stereocenters. The maximum atomic E-state index is 11.4. The number of rotatable bonds is 4. The third-order valence-electron chi connectivity index (χ3n) is 4.28. The minimum atomic E-state index is -0.649. The molecule has 0 spiro atoms. The first-order valence-corrected chi connectivity index (χ1v) is 7.95. The van der Waals surface area contributed by atoms with E-state index in [0.29, 0.717) is 11.8 Å². The molecule has 1 aromatic heterocycles. The summed E-state index contributed by atoms with van der Waals surface area (Å²) in [4.78, 5) is 15.4. The topological polar surface area (TPSA) is 82.5 Å². The summed E-state index contributed by atoms with van der Waals surface area (Å²) < 4.78 is 0. The molecule has 1 aliphatic carbocycles. The Balaban J connectivity index is 1.73. The van der Waals surface area contributed by atoms with Crippen molar-refractivity contribution in [2.75, 3.05) is 6.61 Å². The number of hydrogen-bond acceptors (Lipinski definition) is 4. The van der Waals surface area contributed by atoms with E-state index in [9.17, 15) is 4.79 Å². The van der Waals surface area contributed by atoms with Crippen LogP contribution in [0.1, 0.15) is 22.5 Å². The minimum Gasteiger partial charge on any atom is -0.396 e. The first-order chi connectivity index (χ1) is 12.1. The summed E-state index contributed by atoms with van der Waals surface area (Å²) >= 11 is 0. The number of carbonyl (C=O) groups excluding carboxylic acids is 1. The van der Waals surface area contributed by atoms with Crippen molar-refractivity contribution in [1.82, 2.24) is 10.5 Å². The van der Waals surface area contributed by atoms with Gasteiger partial charge < -0.3 is 5.11 Å². The number of pyridine rings is 1. The van der Waals surface area contributed by atoms with Crippen LogP contribution in [0.15, 0.2) is 54.7 Å². The van der Waals surface area contributed by atoms with E-state index in [0.717, 1.165) is 28.7 Å². The van der Waals surface area contributed by atoms with Gasteiger partial charge in [0.2, 0.25) is 0 Å². The standard InChI is InChI=1S/C20H18N2O3/c1-13(18-10-17(18)12-23)2-3-14-4-6-15(7-5-14)16-8-9-21-19(11-16)20(24)22-25/h4-9,11,17-18,23,25H,1,10,12H2,(H,22,24)/t17-,18-/m0/s1. The molecule has 3 rings (SSSR count). The predicted octanol–water partition coefficient (Wildman–Crippen LogP) is 2.40. The number of nitrogens with one attached hydrogen (secondary N) is 1. The summed E-state index contributed by atoms with van der Waals surface area (Å²) in [6.07, 6.45) is 2.49. The molecule has 1 amide bonds. The maximum Gasteiger partial charge on any atom is 0.293 e. The van der Waals surface area contributed by atoms with E-state index in [1.807, 2.05) is 24.3 Å². The number of hydroxylamine groups is 1. The van der Waals surface area contributed by atoms with E-state index in [4.69, 9.17) is 10.3 Å². The fourth-order valence-corrected chi connectivity index (χ4v) is 2.66. The molecule has 2 aromatic rings.